The minimum Gasteiger partial charge on any atom is -0.495 e. The zero-order chi connectivity index (χ0) is 23.2. The smallest absolute Gasteiger partial charge is 0.332 e. The number of ether oxygens (including phenoxy) is 2. The van der Waals surface area contributed by atoms with E-state index in [1.54, 1.807) is 42.5 Å². The van der Waals surface area contributed by atoms with Crippen LogP contribution in [0.2, 0.25) is 0 Å². The molecule has 1 amide bonds. The lowest BCUT2D eigenvalue weighted by atomic mass is 10.1. The Hall–Kier alpha value is -4.39. The minimum absolute atomic E-state index is 0.262. The third-order valence-electron chi connectivity index (χ3n) is 4.86. The van der Waals surface area contributed by atoms with E-state index >= 15 is 0 Å². The highest BCUT2D eigenvalue weighted by atomic mass is 16.5. The van der Waals surface area contributed by atoms with Gasteiger partial charge in [-0.3, -0.25) is 4.79 Å². The molecule has 0 spiro atoms. The fraction of sp³-hybridized carbons (Fsp3) is 0.115. The number of para-hydroxylation sites is 2. The van der Waals surface area contributed by atoms with E-state index in [-0.39, 0.29) is 5.89 Å². The summed E-state index contributed by atoms with van der Waals surface area (Å²) in [4.78, 5) is 30.0. The molecule has 0 saturated heterocycles. The predicted molar refractivity (Wildman–Crippen MR) is 125 cm³/mol. The molecular weight excluding hydrogens is 420 g/mol. The van der Waals surface area contributed by atoms with Gasteiger partial charge in [0.1, 0.15) is 11.3 Å². The molecule has 0 bridgehead atoms. The van der Waals surface area contributed by atoms with Crippen molar-refractivity contribution in [3.63, 3.8) is 0 Å². The molecule has 7 nitrogen and oxygen atoms in total. The van der Waals surface area contributed by atoms with Crippen molar-refractivity contribution in [3.8, 4) is 5.75 Å². The molecule has 0 fully saturated rings. The number of anilines is 1. The lowest BCUT2D eigenvalue weighted by Gasteiger charge is -2.18. The molecule has 0 radical (unpaired) electrons. The summed E-state index contributed by atoms with van der Waals surface area (Å²) in [6, 6.07) is 21.5. The van der Waals surface area contributed by atoms with Gasteiger partial charge in [0.05, 0.1) is 12.8 Å². The summed E-state index contributed by atoms with van der Waals surface area (Å²) in [5, 5.41) is 2.80. The summed E-state index contributed by atoms with van der Waals surface area (Å²) in [6.45, 7) is 1.90. The van der Waals surface area contributed by atoms with Crippen LogP contribution in [0.3, 0.4) is 0 Å². The Bertz CT molecular complexity index is 1280. The van der Waals surface area contributed by atoms with Crippen LogP contribution >= 0.6 is 0 Å². The zero-order valence-corrected chi connectivity index (χ0v) is 18.1. The maximum absolute atomic E-state index is 13.1. The Morgan fingerprint density at radius 2 is 1.79 bits per heavy atom. The number of methoxy groups -OCH3 is 1. The van der Waals surface area contributed by atoms with E-state index in [1.807, 2.05) is 37.3 Å². The number of rotatable bonds is 7. The number of nitrogens with zero attached hydrogens (tertiary/aromatic N) is 1. The van der Waals surface area contributed by atoms with Gasteiger partial charge in [-0.05, 0) is 36.8 Å². The average molecular weight is 442 g/mol. The number of hydrogen-bond donors (Lipinski definition) is 1. The molecule has 1 N–H and O–H groups in total. The van der Waals surface area contributed by atoms with Crippen molar-refractivity contribution in [1.29, 1.82) is 0 Å². The number of benzene rings is 3. The second kappa shape index (κ2) is 9.82. The van der Waals surface area contributed by atoms with Crippen molar-refractivity contribution in [2.24, 2.45) is 0 Å². The lowest BCUT2D eigenvalue weighted by molar-refractivity contribution is -0.149. The molecule has 3 aromatic carbocycles. The Morgan fingerprint density at radius 3 is 2.55 bits per heavy atom. The van der Waals surface area contributed by atoms with E-state index in [0.29, 0.717) is 28.1 Å². The van der Waals surface area contributed by atoms with Gasteiger partial charge in [-0.2, -0.15) is 0 Å². The van der Waals surface area contributed by atoms with Crippen LogP contribution < -0.4 is 10.1 Å². The van der Waals surface area contributed by atoms with Gasteiger partial charge in [-0.1, -0.05) is 48.5 Å². The highest BCUT2D eigenvalue weighted by Crippen LogP contribution is 2.28. The first-order valence-corrected chi connectivity index (χ1v) is 10.3. The predicted octanol–water partition coefficient (Wildman–Crippen LogP) is 5.08. The van der Waals surface area contributed by atoms with Gasteiger partial charge in [-0.25, -0.2) is 9.78 Å². The van der Waals surface area contributed by atoms with Crippen LogP contribution in [0.1, 0.15) is 23.1 Å². The first-order chi connectivity index (χ1) is 16.0. The Kier molecular flexibility index (Phi) is 6.50. The zero-order valence-electron chi connectivity index (χ0n) is 18.1. The molecule has 1 aromatic heterocycles. The van der Waals surface area contributed by atoms with Gasteiger partial charge in [0.25, 0.3) is 5.91 Å². The van der Waals surface area contributed by atoms with Gasteiger partial charge in [0.15, 0.2) is 5.58 Å². The van der Waals surface area contributed by atoms with E-state index in [4.69, 9.17) is 13.9 Å². The number of fused-ring (bicyclic) bond motifs is 1. The van der Waals surface area contributed by atoms with Crippen molar-refractivity contribution in [2.75, 3.05) is 12.4 Å². The van der Waals surface area contributed by atoms with Crippen molar-refractivity contribution in [3.05, 3.63) is 95.9 Å². The number of nitrogens with one attached hydrogen (secondary N) is 1. The number of aryl methyl sites for hydroxylation is 1. The summed E-state index contributed by atoms with van der Waals surface area (Å²) in [6.07, 6.45) is 1.42. The van der Waals surface area contributed by atoms with Crippen molar-refractivity contribution in [1.82, 2.24) is 4.98 Å². The standard InChI is InChI=1S/C26H22N2O5/c1-17-12-13-21(31-2)20(16-17)28-26(30)25(18-8-4-3-5-9-18)33-24(29)15-14-23-27-19-10-6-7-11-22(19)32-23/h3-16,25H,1-2H3,(H,28,30)/b15-14+. The molecule has 7 heteroatoms. The highest BCUT2D eigenvalue weighted by molar-refractivity contribution is 5.98. The number of carbonyl (C=O) groups is 2. The van der Waals surface area contributed by atoms with Crippen molar-refractivity contribution >= 4 is 34.7 Å². The molecule has 1 atom stereocenters. The van der Waals surface area contributed by atoms with Crippen LogP contribution in [-0.2, 0) is 14.3 Å². The Morgan fingerprint density at radius 1 is 1.03 bits per heavy atom. The summed E-state index contributed by atoms with van der Waals surface area (Å²) in [7, 11) is 1.52. The molecule has 166 valence electrons. The minimum atomic E-state index is -1.17. The molecule has 0 aliphatic heterocycles. The van der Waals surface area contributed by atoms with Gasteiger partial charge in [0, 0.05) is 17.7 Å². The first-order valence-electron chi connectivity index (χ1n) is 10.3. The van der Waals surface area contributed by atoms with Gasteiger partial charge in [0.2, 0.25) is 12.0 Å². The average Bonchev–Trinajstić information content (AvgIpc) is 3.25. The Labute approximate surface area is 190 Å². The first kappa shape index (κ1) is 21.8. The second-order valence-corrected chi connectivity index (χ2v) is 7.27. The van der Waals surface area contributed by atoms with E-state index in [2.05, 4.69) is 10.3 Å². The summed E-state index contributed by atoms with van der Waals surface area (Å²) >= 11 is 0. The van der Waals surface area contributed by atoms with E-state index in [9.17, 15) is 9.59 Å². The number of aromatic nitrogens is 1. The van der Waals surface area contributed by atoms with E-state index < -0.39 is 18.0 Å². The van der Waals surface area contributed by atoms with Crippen LogP contribution in [0, 0.1) is 6.92 Å². The fourth-order valence-electron chi connectivity index (χ4n) is 3.27. The van der Waals surface area contributed by atoms with Gasteiger partial charge < -0.3 is 19.2 Å². The number of oxazole rings is 1. The van der Waals surface area contributed by atoms with Crippen molar-refractivity contribution < 1.29 is 23.5 Å². The fourth-order valence-corrected chi connectivity index (χ4v) is 3.27. The molecule has 1 unspecified atom stereocenters. The number of hydrogen-bond acceptors (Lipinski definition) is 6. The summed E-state index contributed by atoms with van der Waals surface area (Å²) in [5.41, 5.74) is 3.26. The second-order valence-electron chi connectivity index (χ2n) is 7.27. The summed E-state index contributed by atoms with van der Waals surface area (Å²) in [5.74, 6) is -0.451. The molecule has 1 heterocycles. The Balaban J connectivity index is 1.54. The van der Waals surface area contributed by atoms with E-state index in [0.717, 1.165) is 5.56 Å². The van der Waals surface area contributed by atoms with Gasteiger partial charge >= 0.3 is 5.97 Å². The van der Waals surface area contributed by atoms with Crippen LogP contribution in [-0.4, -0.2) is 24.0 Å². The third kappa shape index (κ3) is 5.27. The topological polar surface area (TPSA) is 90.7 Å². The van der Waals surface area contributed by atoms with Crippen LogP contribution in [0.15, 0.2) is 83.3 Å². The molecular formula is C26H22N2O5. The van der Waals surface area contributed by atoms with Crippen molar-refractivity contribution in [2.45, 2.75) is 13.0 Å². The molecule has 4 aromatic rings. The monoisotopic (exact) mass is 442 g/mol. The normalized spacial score (nSPS) is 11.9. The number of carbonyl (C=O) groups excluding carboxylic acids is 2. The molecule has 33 heavy (non-hydrogen) atoms. The van der Waals surface area contributed by atoms with E-state index in [1.165, 1.54) is 19.3 Å². The molecule has 4 rings (SSSR count). The largest absolute Gasteiger partial charge is 0.495 e. The number of amides is 1. The SMILES string of the molecule is COc1ccc(C)cc1NC(=O)C(OC(=O)/C=C/c1nc2ccccc2o1)c1ccccc1. The maximum atomic E-state index is 13.1. The third-order valence-corrected chi connectivity index (χ3v) is 4.86. The molecule has 0 saturated carbocycles. The molecule has 0 aliphatic rings. The van der Waals surface area contributed by atoms with Crippen LogP contribution in [0.25, 0.3) is 17.2 Å². The lowest BCUT2D eigenvalue weighted by Crippen LogP contribution is -2.25. The maximum Gasteiger partial charge on any atom is 0.332 e. The quantitative estimate of drug-likeness (QED) is 0.317. The van der Waals surface area contributed by atoms with Crippen LogP contribution in [0.5, 0.6) is 5.75 Å². The van der Waals surface area contributed by atoms with Crippen LogP contribution in [0.4, 0.5) is 5.69 Å². The highest BCUT2D eigenvalue weighted by Gasteiger charge is 2.25. The summed E-state index contributed by atoms with van der Waals surface area (Å²) < 4.78 is 16.4. The molecule has 0 aliphatic carbocycles. The number of esters is 1. The van der Waals surface area contributed by atoms with Gasteiger partial charge in [-0.15, -0.1) is 0 Å².